The number of fused-ring (bicyclic) bond motifs is 3. The number of anilines is 1. The highest BCUT2D eigenvalue weighted by molar-refractivity contribution is 6.31. The Balaban J connectivity index is 2.02. The van der Waals surface area contributed by atoms with Crippen LogP contribution in [0.4, 0.5) is 11.4 Å². The van der Waals surface area contributed by atoms with Crippen LogP contribution in [0.15, 0.2) is 23.2 Å². The summed E-state index contributed by atoms with van der Waals surface area (Å²) in [5, 5.41) is 0.790. The second-order valence-electron chi connectivity index (χ2n) is 4.79. The van der Waals surface area contributed by atoms with Crippen molar-refractivity contribution in [1.82, 2.24) is 4.90 Å². The van der Waals surface area contributed by atoms with E-state index in [4.69, 9.17) is 11.6 Å². The first-order chi connectivity index (χ1) is 8.24. The Morgan fingerprint density at radius 2 is 2.24 bits per heavy atom. The Hall–Kier alpha value is -1.06. The zero-order valence-electron chi connectivity index (χ0n) is 9.93. The highest BCUT2D eigenvalue weighted by Crippen LogP contribution is 2.35. The second kappa shape index (κ2) is 4.31. The third-order valence-corrected chi connectivity index (χ3v) is 3.78. The molecular formula is C13H16ClN3. The van der Waals surface area contributed by atoms with Crippen LogP contribution in [0.3, 0.4) is 0 Å². The molecule has 3 nitrogen and oxygen atoms in total. The number of benzene rings is 1. The van der Waals surface area contributed by atoms with Gasteiger partial charge in [-0.1, -0.05) is 11.6 Å². The molecule has 0 aliphatic carbocycles. The van der Waals surface area contributed by atoms with Gasteiger partial charge in [-0.3, -0.25) is 4.99 Å². The molecule has 1 fully saturated rings. The molecule has 2 aliphatic heterocycles. The van der Waals surface area contributed by atoms with Gasteiger partial charge in [0.1, 0.15) is 0 Å². The Morgan fingerprint density at radius 1 is 1.35 bits per heavy atom. The monoisotopic (exact) mass is 249 g/mol. The van der Waals surface area contributed by atoms with Gasteiger partial charge >= 0.3 is 0 Å². The smallest absolute Gasteiger partial charge is 0.0860 e. The van der Waals surface area contributed by atoms with Crippen molar-refractivity contribution in [2.45, 2.75) is 12.5 Å². The van der Waals surface area contributed by atoms with Crippen molar-refractivity contribution < 1.29 is 0 Å². The topological polar surface area (TPSA) is 18.8 Å². The fourth-order valence-electron chi connectivity index (χ4n) is 2.64. The van der Waals surface area contributed by atoms with Crippen LogP contribution in [-0.4, -0.2) is 43.8 Å². The van der Waals surface area contributed by atoms with E-state index in [1.165, 1.54) is 5.69 Å². The largest absolute Gasteiger partial charge is 0.364 e. The molecule has 1 saturated heterocycles. The Morgan fingerprint density at radius 3 is 3.12 bits per heavy atom. The van der Waals surface area contributed by atoms with Gasteiger partial charge in [-0.25, -0.2) is 0 Å². The van der Waals surface area contributed by atoms with Crippen molar-refractivity contribution in [1.29, 1.82) is 0 Å². The molecule has 90 valence electrons. The highest BCUT2D eigenvalue weighted by Gasteiger charge is 2.27. The molecule has 0 amide bonds. The van der Waals surface area contributed by atoms with E-state index in [-0.39, 0.29) is 0 Å². The SMILES string of the molecule is CN1CCN2c3cc(Cl)ccc3N=CC[C@H]2C1. The van der Waals surface area contributed by atoms with E-state index in [0.29, 0.717) is 6.04 Å². The van der Waals surface area contributed by atoms with Crippen molar-refractivity contribution in [2.75, 3.05) is 31.6 Å². The van der Waals surface area contributed by atoms with Gasteiger partial charge in [0.15, 0.2) is 0 Å². The number of halogens is 1. The summed E-state index contributed by atoms with van der Waals surface area (Å²) in [7, 11) is 2.18. The summed E-state index contributed by atoms with van der Waals surface area (Å²) in [5.41, 5.74) is 2.23. The molecule has 4 heteroatoms. The predicted molar refractivity (Wildman–Crippen MR) is 72.9 cm³/mol. The lowest BCUT2D eigenvalue weighted by atomic mass is 10.1. The van der Waals surface area contributed by atoms with Crippen molar-refractivity contribution in [3.05, 3.63) is 23.2 Å². The van der Waals surface area contributed by atoms with E-state index in [0.717, 1.165) is 36.8 Å². The summed E-state index contributed by atoms with van der Waals surface area (Å²) in [6.07, 6.45) is 3.05. The second-order valence-corrected chi connectivity index (χ2v) is 5.23. The normalized spacial score (nSPS) is 24.1. The lowest BCUT2D eigenvalue weighted by molar-refractivity contribution is 0.271. The molecule has 1 aromatic carbocycles. The van der Waals surface area contributed by atoms with Gasteiger partial charge in [-0.2, -0.15) is 0 Å². The van der Waals surface area contributed by atoms with E-state index < -0.39 is 0 Å². The fraction of sp³-hybridized carbons (Fsp3) is 0.462. The quantitative estimate of drug-likeness (QED) is 0.704. The van der Waals surface area contributed by atoms with E-state index in [9.17, 15) is 0 Å². The molecule has 0 spiro atoms. The number of rotatable bonds is 0. The van der Waals surface area contributed by atoms with E-state index in [1.807, 2.05) is 24.4 Å². The summed E-state index contributed by atoms with van der Waals surface area (Å²) >= 11 is 6.10. The van der Waals surface area contributed by atoms with Crippen LogP contribution >= 0.6 is 11.6 Å². The number of hydrogen-bond donors (Lipinski definition) is 0. The van der Waals surface area contributed by atoms with Crippen LogP contribution in [-0.2, 0) is 0 Å². The Bertz CT molecular complexity index is 458. The number of likely N-dealkylation sites (N-methyl/N-ethyl adjacent to an activating group) is 1. The molecule has 0 radical (unpaired) electrons. The molecular weight excluding hydrogens is 234 g/mol. The van der Waals surface area contributed by atoms with Crippen molar-refractivity contribution in [3.63, 3.8) is 0 Å². The standard InChI is InChI=1S/C13H16ClN3/c1-16-6-7-17-11(9-16)4-5-15-12-3-2-10(14)8-13(12)17/h2-3,5,8,11H,4,6-7,9H2,1H3/t11-/m0/s1. The Kier molecular flexibility index (Phi) is 2.81. The number of hydrogen-bond acceptors (Lipinski definition) is 3. The molecule has 2 aliphatic rings. The molecule has 1 atom stereocenters. The molecule has 0 saturated carbocycles. The van der Waals surface area contributed by atoms with Gasteiger partial charge < -0.3 is 9.80 Å². The van der Waals surface area contributed by atoms with Gasteiger partial charge in [0.05, 0.1) is 11.4 Å². The van der Waals surface area contributed by atoms with E-state index >= 15 is 0 Å². The zero-order valence-corrected chi connectivity index (χ0v) is 10.7. The first-order valence-electron chi connectivity index (χ1n) is 6.01. The number of aliphatic imine (C=N–C) groups is 1. The molecule has 0 bridgehead atoms. The van der Waals surface area contributed by atoms with Gasteiger partial charge in [0.2, 0.25) is 0 Å². The van der Waals surface area contributed by atoms with Gasteiger partial charge in [0, 0.05) is 43.3 Å². The average Bonchev–Trinajstić information content (AvgIpc) is 2.47. The van der Waals surface area contributed by atoms with Crippen LogP contribution in [0.2, 0.25) is 5.02 Å². The molecule has 0 aromatic heterocycles. The van der Waals surface area contributed by atoms with Gasteiger partial charge in [0.25, 0.3) is 0 Å². The minimum atomic E-state index is 0.525. The van der Waals surface area contributed by atoms with Gasteiger partial charge in [-0.15, -0.1) is 0 Å². The van der Waals surface area contributed by atoms with E-state index in [1.54, 1.807) is 0 Å². The summed E-state index contributed by atoms with van der Waals surface area (Å²) in [6.45, 7) is 3.25. The molecule has 3 rings (SSSR count). The first-order valence-corrected chi connectivity index (χ1v) is 6.39. The maximum Gasteiger partial charge on any atom is 0.0860 e. The molecule has 1 aromatic rings. The first kappa shape index (κ1) is 11.1. The van der Waals surface area contributed by atoms with Crippen LogP contribution in [0, 0.1) is 0 Å². The lowest BCUT2D eigenvalue weighted by Crippen LogP contribution is -2.51. The summed E-state index contributed by atoms with van der Waals surface area (Å²) in [5.74, 6) is 0. The molecule has 17 heavy (non-hydrogen) atoms. The molecule has 2 heterocycles. The van der Waals surface area contributed by atoms with Crippen molar-refractivity contribution in [3.8, 4) is 0 Å². The summed E-state index contributed by atoms with van der Waals surface area (Å²) < 4.78 is 0. The zero-order chi connectivity index (χ0) is 11.8. The fourth-order valence-corrected chi connectivity index (χ4v) is 2.80. The lowest BCUT2D eigenvalue weighted by Gasteiger charge is -2.40. The van der Waals surface area contributed by atoms with Crippen LogP contribution in [0.25, 0.3) is 0 Å². The Labute approximate surface area is 107 Å². The maximum atomic E-state index is 6.10. The highest BCUT2D eigenvalue weighted by atomic mass is 35.5. The third kappa shape index (κ3) is 2.05. The predicted octanol–water partition coefficient (Wildman–Crippen LogP) is 2.57. The van der Waals surface area contributed by atoms with Crippen LogP contribution in [0.5, 0.6) is 0 Å². The van der Waals surface area contributed by atoms with Gasteiger partial charge in [-0.05, 0) is 25.2 Å². The minimum absolute atomic E-state index is 0.525. The maximum absolute atomic E-state index is 6.10. The summed E-state index contributed by atoms with van der Waals surface area (Å²) in [6, 6.07) is 6.48. The molecule has 0 N–H and O–H groups in total. The minimum Gasteiger partial charge on any atom is -0.364 e. The third-order valence-electron chi connectivity index (χ3n) is 3.54. The average molecular weight is 250 g/mol. The summed E-state index contributed by atoms with van der Waals surface area (Å²) in [4.78, 5) is 9.37. The number of nitrogens with zero attached hydrogens (tertiary/aromatic N) is 3. The van der Waals surface area contributed by atoms with Crippen LogP contribution < -0.4 is 4.90 Å². The van der Waals surface area contributed by atoms with Crippen molar-refractivity contribution >= 4 is 29.2 Å². The number of piperazine rings is 1. The van der Waals surface area contributed by atoms with Crippen molar-refractivity contribution in [2.24, 2.45) is 4.99 Å². The van der Waals surface area contributed by atoms with E-state index in [2.05, 4.69) is 21.8 Å². The molecule has 0 unspecified atom stereocenters. The van der Waals surface area contributed by atoms with Crippen LogP contribution in [0.1, 0.15) is 6.42 Å².